The minimum Gasteiger partial charge on any atom is -0.507 e. The van der Waals surface area contributed by atoms with Gasteiger partial charge in [0.2, 0.25) is 0 Å². The topological polar surface area (TPSA) is 69.9 Å². The highest BCUT2D eigenvalue weighted by atomic mass is 16.4. The first-order valence-corrected chi connectivity index (χ1v) is 4.20. The van der Waals surface area contributed by atoms with Crippen molar-refractivity contribution in [2.75, 3.05) is 6.54 Å². The third kappa shape index (κ3) is 3.26. The highest BCUT2D eigenvalue weighted by molar-refractivity contribution is 5.83. The lowest BCUT2D eigenvalue weighted by Crippen LogP contribution is -1.96. The molecule has 0 saturated carbocycles. The van der Waals surface area contributed by atoms with Gasteiger partial charge >= 0.3 is 5.97 Å². The van der Waals surface area contributed by atoms with Gasteiger partial charge in [-0.05, 0) is 12.1 Å². The van der Waals surface area contributed by atoms with E-state index < -0.39 is 5.97 Å². The molecule has 0 unspecified atom stereocenters. The van der Waals surface area contributed by atoms with Gasteiger partial charge in [-0.15, -0.1) is 0 Å². The summed E-state index contributed by atoms with van der Waals surface area (Å²) in [5.74, 6) is -0.731. The Hall–Kier alpha value is -1.84. The summed E-state index contributed by atoms with van der Waals surface area (Å²) in [6, 6.07) is 6.75. The zero-order valence-corrected chi connectivity index (χ0v) is 7.55. The Bertz CT molecular complexity index is 347. The number of phenols is 1. The highest BCUT2D eigenvalue weighted by Crippen LogP contribution is 2.12. The van der Waals surface area contributed by atoms with E-state index in [9.17, 15) is 9.90 Å². The van der Waals surface area contributed by atoms with Crippen molar-refractivity contribution in [3.05, 3.63) is 29.8 Å². The van der Waals surface area contributed by atoms with Gasteiger partial charge in [0.05, 0.1) is 6.42 Å². The number of para-hydroxylation sites is 1. The average molecular weight is 193 g/mol. The Balaban J connectivity index is 2.52. The summed E-state index contributed by atoms with van der Waals surface area (Å²) in [5, 5.41) is 17.7. The molecule has 0 aliphatic heterocycles. The van der Waals surface area contributed by atoms with Gasteiger partial charge in [-0.2, -0.15) is 0 Å². The van der Waals surface area contributed by atoms with Gasteiger partial charge < -0.3 is 10.2 Å². The van der Waals surface area contributed by atoms with Crippen molar-refractivity contribution in [3.8, 4) is 5.75 Å². The second-order valence-electron chi connectivity index (χ2n) is 2.74. The number of carboxylic acids is 1. The first-order valence-electron chi connectivity index (χ1n) is 4.20. The summed E-state index contributed by atoms with van der Waals surface area (Å²) in [6.45, 7) is 0.226. The number of carbonyl (C=O) groups is 1. The first-order chi connectivity index (χ1) is 6.70. The van der Waals surface area contributed by atoms with Gasteiger partial charge in [0, 0.05) is 18.3 Å². The number of phenolic OH excluding ortho intramolecular Hbond substituents is 1. The molecule has 4 nitrogen and oxygen atoms in total. The average Bonchev–Trinajstić information content (AvgIpc) is 2.15. The Labute approximate surface area is 81.5 Å². The van der Waals surface area contributed by atoms with E-state index in [0.717, 1.165) is 0 Å². The molecule has 1 aromatic carbocycles. The Kier molecular flexibility index (Phi) is 3.67. The predicted molar refractivity (Wildman–Crippen MR) is 52.8 cm³/mol. The standard InChI is InChI=1S/C10H11NO3/c12-9-4-2-1-3-8(9)7-11-6-5-10(13)14/h1-4,7,12H,5-6H2,(H,13,14). The molecule has 0 spiro atoms. The summed E-state index contributed by atoms with van der Waals surface area (Å²) in [4.78, 5) is 14.0. The number of carboxylic acid groups (broad SMARTS) is 1. The molecule has 1 aromatic rings. The second-order valence-corrected chi connectivity index (χ2v) is 2.74. The SMILES string of the molecule is O=C(O)CCN=Cc1ccccc1O. The molecule has 0 aromatic heterocycles. The van der Waals surface area contributed by atoms with E-state index in [1.807, 2.05) is 0 Å². The molecule has 0 aliphatic carbocycles. The summed E-state index contributed by atoms with van der Waals surface area (Å²) < 4.78 is 0. The molecule has 0 radical (unpaired) electrons. The third-order valence-corrected chi connectivity index (χ3v) is 1.62. The molecule has 0 amide bonds. The Morgan fingerprint density at radius 3 is 2.79 bits per heavy atom. The molecular weight excluding hydrogens is 182 g/mol. The zero-order chi connectivity index (χ0) is 10.4. The number of aliphatic imine (C=N–C) groups is 1. The van der Waals surface area contributed by atoms with Gasteiger partial charge in [-0.25, -0.2) is 0 Å². The molecule has 0 fully saturated rings. The zero-order valence-electron chi connectivity index (χ0n) is 7.55. The lowest BCUT2D eigenvalue weighted by Gasteiger charge is -1.96. The van der Waals surface area contributed by atoms with Gasteiger partial charge in [-0.1, -0.05) is 12.1 Å². The fourth-order valence-electron chi connectivity index (χ4n) is 0.920. The maximum atomic E-state index is 10.2. The van der Waals surface area contributed by atoms with E-state index in [4.69, 9.17) is 5.11 Å². The number of hydrogen-bond acceptors (Lipinski definition) is 3. The molecule has 74 valence electrons. The van der Waals surface area contributed by atoms with Gasteiger partial charge in [0.25, 0.3) is 0 Å². The fourth-order valence-corrected chi connectivity index (χ4v) is 0.920. The molecule has 0 aliphatic rings. The Morgan fingerprint density at radius 2 is 2.14 bits per heavy atom. The summed E-state index contributed by atoms with van der Waals surface area (Å²) in [6.07, 6.45) is 1.47. The molecule has 2 N–H and O–H groups in total. The number of nitrogens with zero attached hydrogens (tertiary/aromatic N) is 1. The van der Waals surface area contributed by atoms with Crippen LogP contribution in [0.25, 0.3) is 0 Å². The maximum absolute atomic E-state index is 10.2. The van der Waals surface area contributed by atoms with Crippen LogP contribution < -0.4 is 0 Å². The van der Waals surface area contributed by atoms with E-state index >= 15 is 0 Å². The van der Waals surface area contributed by atoms with Gasteiger partial charge in [0.15, 0.2) is 0 Å². The van der Waals surface area contributed by atoms with Crippen molar-refractivity contribution in [2.24, 2.45) is 4.99 Å². The molecular formula is C10H11NO3. The van der Waals surface area contributed by atoms with Crippen LogP contribution in [-0.4, -0.2) is 28.9 Å². The lowest BCUT2D eigenvalue weighted by atomic mass is 10.2. The molecule has 14 heavy (non-hydrogen) atoms. The number of benzene rings is 1. The monoisotopic (exact) mass is 193 g/mol. The molecule has 0 atom stereocenters. The second kappa shape index (κ2) is 5.01. The van der Waals surface area contributed by atoms with Crippen LogP contribution in [0.3, 0.4) is 0 Å². The maximum Gasteiger partial charge on any atom is 0.305 e. The van der Waals surface area contributed by atoms with Crippen LogP contribution in [0.4, 0.5) is 0 Å². The van der Waals surface area contributed by atoms with Crippen LogP contribution >= 0.6 is 0 Å². The van der Waals surface area contributed by atoms with E-state index in [1.54, 1.807) is 24.3 Å². The Morgan fingerprint density at radius 1 is 1.43 bits per heavy atom. The molecule has 0 bridgehead atoms. The van der Waals surface area contributed by atoms with Crippen LogP contribution in [0.15, 0.2) is 29.3 Å². The number of hydrogen-bond donors (Lipinski definition) is 2. The first kappa shape index (κ1) is 10.2. The van der Waals surface area contributed by atoms with Crippen LogP contribution in [0, 0.1) is 0 Å². The van der Waals surface area contributed by atoms with Crippen molar-refractivity contribution in [1.82, 2.24) is 0 Å². The normalized spacial score (nSPS) is 10.6. The van der Waals surface area contributed by atoms with Crippen molar-refractivity contribution in [2.45, 2.75) is 6.42 Å². The van der Waals surface area contributed by atoms with E-state index in [-0.39, 0.29) is 18.7 Å². The number of aliphatic carboxylic acids is 1. The largest absolute Gasteiger partial charge is 0.507 e. The quantitative estimate of drug-likeness (QED) is 0.708. The van der Waals surface area contributed by atoms with Crippen molar-refractivity contribution >= 4 is 12.2 Å². The highest BCUT2D eigenvalue weighted by Gasteiger charge is 1.95. The fraction of sp³-hybridized carbons (Fsp3) is 0.200. The van der Waals surface area contributed by atoms with Gasteiger partial charge in [-0.3, -0.25) is 9.79 Å². The number of rotatable bonds is 4. The third-order valence-electron chi connectivity index (χ3n) is 1.62. The lowest BCUT2D eigenvalue weighted by molar-refractivity contribution is -0.136. The smallest absolute Gasteiger partial charge is 0.305 e. The van der Waals surface area contributed by atoms with E-state index in [2.05, 4.69) is 4.99 Å². The number of aromatic hydroxyl groups is 1. The van der Waals surface area contributed by atoms with Crippen LogP contribution in [-0.2, 0) is 4.79 Å². The van der Waals surface area contributed by atoms with Crippen molar-refractivity contribution < 1.29 is 15.0 Å². The minimum absolute atomic E-state index is 0.00406. The van der Waals surface area contributed by atoms with Gasteiger partial charge in [0.1, 0.15) is 5.75 Å². The summed E-state index contributed by atoms with van der Waals surface area (Å²) >= 11 is 0. The van der Waals surface area contributed by atoms with E-state index in [0.29, 0.717) is 5.56 Å². The summed E-state index contributed by atoms with van der Waals surface area (Å²) in [7, 11) is 0. The summed E-state index contributed by atoms with van der Waals surface area (Å²) in [5.41, 5.74) is 0.595. The van der Waals surface area contributed by atoms with Crippen molar-refractivity contribution in [1.29, 1.82) is 0 Å². The molecule has 4 heteroatoms. The van der Waals surface area contributed by atoms with Crippen LogP contribution in [0.5, 0.6) is 5.75 Å². The van der Waals surface area contributed by atoms with Crippen LogP contribution in [0.2, 0.25) is 0 Å². The van der Waals surface area contributed by atoms with Crippen LogP contribution in [0.1, 0.15) is 12.0 Å². The molecule has 0 saturated heterocycles. The molecule has 1 rings (SSSR count). The minimum atomic E-state index is -0.876. The molecule has 0 heterocycles. The predicted octanol–water partition coefficient (Wildman–Crippen LogP) is 1.29. The van der Waals surface area contributed by atoms with E-state index in [1.165, 1.54) is 6.21 Å². The van der Waals surface area contributed by atoms with Crippen molar-refractivity contribution in [3.63, 3.8) is 0 Å².